The first-order chi connectivity index (χ1) is 66.1. The minimum Gasteiger partial charge on any atom is -0.480 e. The van der Waals surface area contributed by atoms with Crippen LogP contribution in [0.1, 0.15) is 112 Å². The van der Waals surface area contributed by atoms with Gasteiger partial charge >= 0.3 is 53.7 Å². The van der Waals surface area contributed by atoms with Crippen molar-refractivity contribution in [2.24, 2.45) is 5.73 Å². The number of nitrogens with zero attached hydrogens (tertiary/aromatic N) is 8. The molecule has 12 aromatic rings. The molecule has 0 aliphatic rings. The van der Waals surface area contributed by atoms with E-state index in [1.165, 1.54) is 42.7 Å². The molecule has 0 unspecified atom stereocenters. The smallest absolute Gasteiger partial charge is 0.335 e. The summed E-state index contributed by atoms with van der Waals surface area (Å²) in [6.07, 6.45) is 5.35. The number of carbonyl (C=O) groups excluding carboxylic acids is 9. The Morgan fingerprint density at radius 1 is 0.295 bits per heavy atom. The number of carboxylic acid groups (broad SMARTS) is 3. The highest BCUT2D eigenvalue weighted by molar-refractivity contribution is 6.01. The Labute approximate surface area is 796 Å². The number of aromatic nitrogens is 8. The van der Waals surface area contributed by atoms with E-state index in [2.05, 4.69) is 101 Å². The second-order valence-corrected chi connectivity index (χ2v) is 31.0. The van der Waals surface area contributed by atoms with Crippen molar-refractivity contribution in [1.82, 2.24) is 55.8 Å². The fraction of sp³-hybridized carbons (Fsp3) is 0.224. The van der Waals surface area contributed by atoms with Gasteiger partial charge in [0.2, 0.25) is 23.8 Å². The molecule has 0 spiro atoms. The Balaban J connectivity index is 0.000000219. The number of benzene rings is 8. The van der Waals surface area contributed by atoms with Crippen LogP contribution in [0.4, 0.5) is 47.1 Å². The number of carbonyl (C=O) groups is 12. The zero-order valence-electron chi connectivity index (χ0n) is 76.8. The monoisotopic (exact) mass is 1900 g/mol. The highest BCUT2D eigenvalue weighted by Gasteiger charge is 2.29. The van der Waals surface area contributed by atoms with E-state index in [1.54, 1.807) is 60.7 Å². The first-order valence-electron chi connectivity index (χ1n) is 42.3. The van der Waals surface area contributed by atoms with Crippen molar-refractivity contribution >= 4 is 162 Å². The van der Waals surface area contributed by atoms with Crippen LogP contribution in [0.25, 0.3) is 43.6 Å². The van der Waals surface area contributed by atoms with Crippen molar-refractivity contribution in [2.45, 2.75) is 101 Å². The van der Waals surface area contributed by atoms with E-state index >= 15 is 0 Å². The summed E-state index contributed by atoms with van der Waals surface area (Å²) in [5.41, 5.74) is 64.0. The molecule has 8 aromatic carbocycles. The number of nitrogen functional groups attached to an aromatic ring is 8. The summed E-state index contributed by atoms with van der Waals surface area (Å²) in [5, 5.41) is 37.5. The lowest BCUT2D eigenvalue weighted by Gasteiger charge is -2.17. The molecular weight excluding hydrogens is 1790 g/mol. The molecule has 12 rings (SSSR count). The lowest BCUT2D eigenvalue weighted by Crippen LogP contribution is -2.42. The van der Waals surface area contributed by atoms with Gasteiger partial charge in [-0.2, -0.15) is 19.9 Å². The molecule has 0 saturated carbocycles. The Hall–Kier alpha value is -17.9. The van der Waals surface area contributed by atoms with Gasteiger partial charge < -0.3 is 111 Å². The Morgan fingerprint density at radius 3 is 0.763 bits per heavy atom. The molecule has 41 nitrogen and oxygen atoms in total. The van der Waals surface area contributed by atoms with Crippen molar-refractivity contribution in [3.8, 4) is 0 Å². The molecular formula is C98H106N20O21. The van der Waals surface area contributed by atoms with Crippen LogP contribution in [-0.2, 0) is 118 Å². The molecule has 41 heteroatoms. The van der Waals surface area contributed by atoms with E-state index in [4.69, 9.17) is 71.3 Å². The second-order valence-electron chi connectivity index (χ2n) is 31.0. The van der Waals surface area contributed by atoms with Crippen molar-refractivity contribution in [2.75, 3.05) is 88.5 Å². The summed E-state index contributed by atoms with van der Waals surface area (Å²) >= 11 is 0. The van der Waals surface area contributed by atoms with E-state index in [1.807, 2.05) is 109 Å². The molecule has 724 valence electrons. The molecule has 0 saturated heterocycles. The van der Waals surface area contributed by atoms with Gasteiger partial charge in [-0.25, -0.2) is 58.3 Å². The molecule has 0 radical (unpaired) electrons. The average molecular weight is 1900 g/mol. The van der Waals surface area contributed by atoms with E-state index < -0.39 is 102 Å². The van der Waals surface area contributed by atoms with Gasteiger partial charge in [0.25, 0.3) is 17.7 Å². The first kappa shape index (κ1) is 106. The molecule has 0 aliphatic heterocycles. The lowest BCUT2D eigenvalue weighted by molar-refractivity contribution is -0.144. The number of aromatic carboxylic acids is 1. The highest BCUT2D eigenvalue weighted by atomic mass is 16.5. The summed E-state index contributed by atoms with van der Waals surface area (Å²) in [6.45, 7) is 13.9. The van der Waals surface area contributed by atoms with Crippen LogP contribution in [0.15, 0.2) is 218 Å². The third-order valence-electron chi connectivity index (χ3n) is 21.1. The second kappa shape index (κ2) is 50.8. The average Bonchev–Trinajstić information content (AvgIpc) is 0.818. The van der Waals surface area contributed by atoms with Crippen LogP contribution in [0.2, 0.25) is 0 Å². The van der Waals surface area contributed by atoms with E-state index in [-0.39, 0.29) is 70.9 Å². The number of amides is 3. The number of anilines is 8. The molecule has 4 heterocycles. The number of fused-ring (bicyclic) bond motifs is 4. The van der Waals surface area contributed by atoms with Gasteiger partial charge in [0.05, 0.1) is 70.3 Å². The summed E-state index contributed by atoms with van der Waals surface area (Å²) < 4.78 is 27.4. The van der Waals surface area contributed by atoms with Crippen molar-refractivity contribution in [1.29, 1.82) is 0 Å². The van der Waals surface area contributed by atoms with Crippen molar-refractivity contribution in [3.63, 3.8) is 0 Å². The number of methoxy groups -OCH3 is 6. The predicted octanol–water partition coefficient (Wildman–Crippen LogP) is 7.62. The van der Waals surface area contributed by atoms with Crippen LogP contribution in [-0.4, -0.2) is 193 Å². The van der Waals surface area contributed by atoms with Crippen molar-refractivity contribution in [3.05, 3.63) is 285 Å². The van der Waals surface area contributed by atoms with Gasteiger partial charge in [-0.15, -0.1) is 0 Å². The maximum absolute atomic E-state index is 12.7. The Bertz CT molecular complexity index is 6430. The fourth-order valence-electron chi connectivity index (χ4n) is 13.5. The minimum absolute atomic E-state index is 0.0410. The van der Waals surface area contributed by atoms with E-state index in [0.717, 1.165) is 110 Å². The minimum atomic E-state index is -1.39. The zero-order chi connectivity index (χ0) is 102. The maximum Gasteiger partial charge on any atom is 0.335 e. The number of nitrogens with one attached hydrogen (secondary N) is 3. The number of aliphatic carboxylic acids is 2. The molecule has 4 aromatic heterocycles. The van der Waals surface area contributed by atoms with Crippen LogP contribution in [0.3, 0.4) is 0 Å². The third kappa shape index (κ3) is 31.6. The molecule has 3 amide bonds. The predicted molar refractivity (Wildman–Crippen MR) is 520 cm³/mol. The number of ether oxygens (including phenoxy) is 6. The molecule has 4 atom stereocenters. The van der Waals surface area contributed by atoms with Crippen LogP contribution >= 0.6 is 0 Å². The molecule has 24 N–H and O–H groups in total. The number of nitrogens with two attached hydrogens (primary N) is 9. The number of carboxylic acids is 3. The Morgan fingerprint density at radius 2 is 0.525 bits per heavy atom. The number of hydrogen-bond acceptors (Lipinski definition) is 35. The quantitative estimate of drug-likeness (QED) is 0.0103. The lowest BCUT2D eigenvalue weighted by atomic mass is 10.0. The van der Waals surface area contributed by atoms with Gasteiger partial charge in [-0.3, -0.25) is 19.2 Å². The molecule has 0 bridgehead atoms. The fourth-order valence-corrected chi connectivity index (χ4v) is 13.5. The first-order valence-corrected chi connectivity index (χ1v) is 42.3. The summed E-state index contributed by atoms with van der Waals surface area (Å²) in [7, 11) is 7.27. The van der Waals surface area contributed by atoms with Gasteiger partial charge in [0.15, 0.2) is 0 Å². The zero-order valence-corrected chi connectivity index (χ0v) is 76.8. The van der Waals surface area contributed by atoms with Gasteiger partial charge in [-0.05, 0) is 193 Å². The number of esters is 6. The van der Waals surface area contributed by atoms with Gasteiger partial charge in [0.1, 0.15) is 47.4 Å². The number of rotatable bonds is 35. The van der Waals surface area contributed by atoms with Crippen LogP contribution < -0.4 is 67.6 Å². The summed E-state index contributed by atoms with van der Waals surface area (Å²) in [5.74, 6) is -7.06. The SMILES string of the molecule is C=C(C[C@H](N)C(=O)OC)C(=O)OC.C=C(C[C@H](NC(=O)c1ccc(CCc2ccc3nc(N)nc(N)c3c2)cc1)C(=O)O)C(=O)O.C=C(C[C@H](NC(=O)c1ccc(CCc2ccc3nc(N)nc(N)c3c2)cc1)C(=O)OC)C(=O)OC.C=C(C[C@H](NC(=O)c1ccc(CCc2ccc3nc(N)nc(N)c3c2)cc1)C(=O)OC)C(=O)OC.Nc1nc(N)c2cc(CCc3ccc(C(=O)O)cc3)ccc2n1. The molecule has 0 fully saturated rings. The third-order valence-corrected chi connectivity index (χ3v) is 21.1. The molecule has 0 aliphatic carbocycles. The molecule has 139 heavy (non-hydrogen) atoms. The number of hydrogen-bond donors (Lipinski definition) is 15. The van der Waals surface area contributed by atoms with E-state index in [9.17, 15) is 62.6 Å². The van der Waals surface area contributed by atoms with Gasteiger partial charge in [-0.1, -0.05) is 99.1 Å². The summed E-state index contributed by atoms with van der Waals surface area (Å²) in [4.78, 5) is 172. The van der Waals surface area contributed by atoms with Crippen LogP contribution in [0.5, 0.6) is 0 Å². The maximum atomic E-state index is 12.7. The standard InChI is InChI=1S/2C25H27N5O5.C23H23N5O5.C17H16N4O2.C8H13NO4/c2*1-14(23(32)34-2)12-20(24(33)35-3)28-22(31)17-9-6-15(7-10-17)4-5-16-8-11-19-18(13-16)21(26)30-25(27)29-19;1-12(21(30)31)10-18(22(32)33)26-20(29)15-7-4-13(5-8-15)2-3-14-6-9-17-16(11-14)19(24)28-23(25)27-17;18-15-13-9-11(5-8-14(13)20-17(19)21-15)2-1-10-3-6-12(7-4-10)16(22)23;1-5(7(10)12-2)4-6(9)8(11)13-3/h2*6-11,13,20H,1,4-5,12H2,2-3H3,(H,28,31)(H4,26,27,29,30);4-9,11,18H,1-3,10H2,(H,26,29)(H,30,31)(H,32,33)(H4,24,25,27,28);3-9H,1-2H2,(H,22,23)(H4,18,19,20,21);6H,1,4,9H2,2-3H3/t2*20-;18-;;6-/m000.0/s1. The van der Waals surface area contributed by atoms with E-state index in [0.29, 0.717) is 69.4 Å². The Kier molecular flexibility index (Phi) is 38.9. The summed E-state index contributed by atoms with van der Waals surface area (Å²) in [6, 6.07) is 46.4. The highest BCUT2D eigenvalue weighted by Crippen LogP contribution is 2.28. The normalized spacial score (nSPS) is 11.4. The topological polar surface area (TPSA) is 694 Å². The van der Waals surface area contributed by atoms with Crippen LogP contribution in [0, 0.1) is 0 Å². The van der Waals surface area contributed by atoms with Crippen molar-refractivity contribution < 1.29 is 101 Å². The number of aryl methyl sites for hydroxylation is 8. The largest absolute Gasteiger partial charge is 0.480 e. The van der Waals surface area contributed by atoms with Gasteiger partial charge in [0, 0.05) is 86.2 Å².